The molecule has 7 rings (SSSR count). The van der Waals surface area contributed by atoms with E-state index in [0.717, 1.165) is 51.6 Å². The van der Waals surface area contributed by atoms with Gasteiger partial charge in [-0.25, -0.2) is 4.39 Å². The molecule has 3 aromatic rings. The van der Waals surface area contributed by atoms with E-state index in [1.54, 1.807) is 23.1 Å². The molecule has 0 unspecified atom stereocenters. The SMILES string of the molecule is CN1[C@H]2CC[C@@H]1[C@@H](F)[C@@H](N(c1ccc(-c3cc4oc(C(=O)N5CCC5)cc4cc3O)nn1)C1CC1)C2. The first-order chi connectivity index (χ1) is 17.5. The largest absolute Gasteiger partial charge is 0.507 e. The summed E-state index contributed by atoms with van der Waals surface area (Å²) in [7, 11) is 2.05. The molecular formula is C27H30FN5O3. The zero-order chi connectivity index (χ0) is 24.6. The van der Waals surface area contributed by atoms with E-state index in [9.17, 15) is 9.90 Å². The van der Waals surface area contributed by atoms with Gasteiger partial charge in [-0.05, 0) is 75.9 Å². The van der Waals surface area contributed by atoms with Crippen LogP contribution in [0, 0.1) is 0 Å². The van der Waals surface area contributed by atoms with Crippen LogP contribution in [0.1, 0.15) is 49.1 Å². The van der Waals surface area contributed by atoms with Gasteiger partial charge >= 0.3 is 0 Å². The number of aromatic nitrogens is 2. The fourth-order valence-electron chi connectivity index (χ4n) is 6.29. The number of phenolic OH excluding ortho intramolecular Hbond substituents is 1. The number of alkyl halides is 1. The average molecular weight is 492 g/mol. The molecule has 3 saturated heterocycles. The summed E-state index contributed by atoms with van der Waals surface area (Å²) in [5, 5.41) is 20.3. The standard InChI is InChI=1S/C27H30FN5O3/c1-31-17-5-7-20(31)26(28)21(13-17)33(16-3-4-16)25-8-6-19(29-30-25)18-14-23-15(11-22(18)34)12-24(36-23)27(35)32-9-2-10-32/h6,8,11-12,14,16-17,20-21,26,34H,2-5,7,9-10,13H2,1H3/t17-,20+,21-,26+/m0/s1. The van der Waals surface area contributed by atoms with Crippen molar-refractivity contribution in [1.82, 2.24) is 20.0 Å². The van der Waals surface area contributed by atoms with E-state index in [4.69, 9.17) is 4.42 Å². The summed E-state index contributed by atoms with van der Waals surface area (Å²) in [4.78, 5) is 18.7. The van der Waals surface area contributed by atoms with Crippen molar-refractivity contribution < 1.29 is 18.7 Å². The lowest BCUT2D eigenvalue weighted by molar-refractivity contribution is 0.0621. The highest BCUT2D eigenvalue weighted by atomic mass is 19.1. The number of aromatic hydroxyl groups is 1. The molecule has 9 heteroatoms. The van der Waals surface area contributed by atoms with Crippen LogP contribution in [0.2, 0.25) is 0 Å². The van der Waals surface area contributed by atoms with Crippen LogP contribution < -0.4 is 4.90 Å². The highest BCUT2D eigenvalue weighted by molar-refractivity contribution is 5.97. The van der Waals surface area contributed by atoms with Gasteiger partial charge in [0.25, 0.3) is 5.91 Å². The van der Waals surface area contributed by atoms with Crippen LogP contribution in [0.15, 0.2) is 34.7 Å². The van der Waals surface area contributed by atoms with Crippen molar-refractivity contribution in [2.45, 2.75) is 68.9 Å². The molecule has 5 heterocycles. The van der Waals surface area contributed by atoms with E-state index in [1.165, 1.54) is 0 Å². The number of anilines is 1. The highest BCUT2D eigenvalue weighted by Crippen LogP contribution is 2.43. The van der Waals surface area contributed by atoms with Crippen LogP contribution in [-0.4, -0.2) is 81.5 Å². The molecule has 8 nitrogen and oxygen atoms in total. The van der Waals surface area contributed by atoms with Crippen LogP contribution in [0.5, 0.6) is 5.75 Å². The van der Waals surface area contributed by atoms with E-state index in [2.05, 4.69) is 20.0 Å². The molecule has 4 aliphatic rings. The number of nitrogens with zero attached hydrogens (tertiary/aromatic N) is 5. The maximum atomic E-state index is 15.6. The van der Waals surface area contributed by atoms with E-state index in [1.807, 2.05) is 19.2 Å². The number of halogens is 1. The number of furan rings is 1. The first-order valence-corrected chi connectivity index (χ1v) is 13.0. The van der Waals surface area contributed by atoms with Gasteiger partial charge in [0.1, 0.15) is 17.5 Å². The van der Waals surface area contributed by atoms with Gasteiger partial charge in [-0.15, -0.1) is 10.2 Å². The smallest absolute Gasteiger partial charge is 0.289 e. The number of fused-ring (bicyclic) bond motifs is 3. The summed E-state index contributed by atoms with van der Waals surface area (Å²) in [5.74, 6) is 0.883. The Morgan fingerprint density at radius 3 is 2.67 bits per heavy atom. The first-order valence-electron chi connectivity index (χ1n) is 13.0. The van der Waals surface area contributed by atoms with Gasteiger partial charge in [-0.2, -0.15) is 0 Å². The van der Waals surface area contributed by atoms with Crippen LogP contribution in [0.25, 0.3) is 22.2 Å². The maximum Gasteiger partial charge on any atom is 0.289 e. The van der Waals surface area contributed by atoms with Gasteiger partial charge < -0.3 is 19.3 Å². The van der Waals surface area contributed by atoms with Crippen LogP contribution in [0.3, 0.4) is 0 Å². The van der Waals surface area contributed by atoms with E-state index in [-0.39, 0.29) is 29.5 Å². The lowest BCUT2D eigenvalue weighted by Crippen LogP contribution is -2.57. The van der Waals surface area contributed by atoms with Crippen molar-refractivity contribution in [3.8, 4) is 17.0 Å². The molecule has 1 amide bonds. The van der Waals surface area contributed by atoms with Gasteiger partial charge in [-0.3, -0.25) is 9.69 Å². The van der Waals surface area contributed by atoms with Crippen molar-refractivity contribution in [2.24, 2.45) is 0 Å². The number of phenols is 1. The fourth-order valence-corrected chi connectivity index (χ4v) is 6.29. The monoisotopic (exact) mass is 491 g/mol. The van der Waals surface area contributed by atoms with Gasteiger partial charge in [0.15, 0.2) is 11.6 Å². The zero-order valence-electron chi connectivity index (χ0n) is 20.3. The molecule has 2 bridgehead atoms. The molecule has 1 N–H and O–H groups in total. The Kier molecular flexibility index (Phi) is 4.99. The van der Waals surface area contributed by atoms with E-state index < -0.39 is 6.17 Å². The normalized spacial score (nSPS) is 27.9. The Bertz CT molecular complexity index is 1320. The average Bonchev–Trinajstić information content (AvgIpc) is 3.52. The van der Waals surface area contributed by atoms with Crippen molar-refractivity contribution in [3.05, 3.63) is 36.1 Å². The van der Waals surface area contributed by atoms with Gasteiger partial charge in [0.05, 0.1) is 11.7 Å². The molecule has 36 heavy (non-hydrogen) atoms. The van der Waals surface area contributed by atoms with Crippen molar-refractivity contribution in [2.75, 3.05) is 25.0 Å². The highest BCUT2D eigenvalue weighted by Gasteiger charge is 2.50. The predicted octanol–water partition coefficient (Wildman–Crippen LogP) is 3.98. The summed E-state index contributed by atoms with van der Waals surface area (Å²) < 4.78 is 21.4. The third kappa shape index (κ3) is 3.47. The Labute approximate surface area is 208 Å². The van der Waals surface area contributed by atoms with E-state index in [0.29, 0.717) is 40.1 Å². The molecule has 188 valence electrons. The molecule has 4 fully saturated rings. The number of likely N-dealkylation sites (tertiary alicyclic amines) is 1. The predicted molar refractivity (Wildman–Crippen MR) is 133 cm³/mol. The lowest BCUT2D eigenvalue weighted by atomic mass is 9.94. The Morgan fingerprint density at radius 2 is 1.97 bits per heavy atom. The number of amides is 1. The van der Waals surface area contributed by atoms with Gasteiger partial charge in [0, 0.05) is 42.2 Å². The number of hydrogen-bond acceptors (Lipinski definition) is 7. The molecule has 2 aromatic heterocycles. The lowest BCUT2D eigenvalue weighted by Gasteiger charge is -2.44. The summed E-state index contributed by atoms with van der Waals surface area (Å²) in [6, 6.07) is 9.22. The third-order valence-corrected chi connectivity index (χ3v) is 8.62. The number of piperidine rings is 1. The second-order valence-electron chi connectivity index (χ2n) is 10.8. The molecule has 3 aliphatic heterocycles. The minimum absolute atomic E-state index is 0.0166. The number of hydrogen-bond donors (Lipinski definition) is 1. The molecular weight excluding hydrogens is 461 g/mol. The van der Waals surface area contributed by atoms with Crippen molar-refractivity contribution in [3.63, 3.8) is 0 Å². The summed E-state index contributed by atoms with van der Waals surface area (Å²) in [6.07, 6.45) is 4.98. The summed E-state index contributed by atoms with van der Waals surface area (Å²) in [5.41, 5.74) is 1.50. The minimum atomic E-state index is -0.908. The Morgan fingerprint density at radius 1 is 1.14 bits per heavy atom. The maximum absolute atomic E-state index is 15.6. The topological polar surface area (TPSA) is 85.9 Å². The van der Waals surface area contributed by atoms with Crippen LogP contribution in [0.4, 0.5) is 10.2 Å². The number of carbonyl (C=O) groups excluding carboxylic acids is 1. The fraction of sp³-hybridized carbons (Fsp3) is 0.519. The quantitative estimate of drug-likeness (QED) is 0.578. The molecule has 1 saturated carbocycles. The van der Waals surface area contributed by atoms with Crippen LogP contribution in [-0.2, 0) is 0 Å². The molecule has 0 spiro atoms. The van der Waals surface area contributed by atoms with Crippen molar-refractivity contribution >= 4 is 22.7 Å². The summed E-state index contributed by atoms with van der Waals surface area (Å²) in [6.45, 7) is 1.49. The number of rotatable bonds is 5. The molecule has 1 aromatic carbocycles. The number of carbonyl (C=O) groups is 1. The molecule has 1 aliphatic carbocycles. The second-order valence-corrected chi connectivity index (χ2v) is 10.8. The van der Waals surface area contributed by atoms with Gasteiger partial charge in [0.2, 0.25) is 0 Å². The second kappa shape index (κ2) is 8.16. The molecule has 0 radical (unpaired) electrons. The summed E-state index contributed by atoms with van der Waals surface area (Å²) >= 11 is 0. The van der Waals surface area contributed by atoms with Crippen LogP contribution >= 0.6 is 0 Å². The minimum Gasteiger partial charge on any atom is -0.507 e. The Hall–Kier alpha value is -3.20. The zero-order valence-corrected chi connectivity index (χ0v) is 20.3. The third-order valence-electron chi connectivity index (χ3n) is 8.62. The molecule has 4 atom stereocenters. The van der Waals surface area contributed by atoms with Crippen molar-refractivity contribution in [1.29, 1.82) is 0 Å². The van der Waals surface area contributed by atoms with E-state index >= 15 is 4.39 Å². The van der Waals surface area contributed by atoms with Gasteiger partial charge in [-0.1, -0.05) is 0 Å². The first kappa shape index (κ1) is 22.0. The number of benzene rings is 1. The Balaban J connectivity index is 1.17.